The summed E-state index contributed by atoms with van der Waals surface area (Å²) in [5.41, 5.74) is 1.69. The average Bonchev–Trinajstić information content (AvgIpc) is 2.19. The highest BCUT2D eigenvalue weighted by Gasteiger charge is 2.22. The lowest BCUT2D eigenvalue weighted by atomic mass is 10.00. The maximum absolute atomic E-state index is 11.5. The van der Waals surface area contributed by atoms with E-state index >= 15 is 0 Å². The maximum atomic E-state index is 11.5. The number of carbonyl (C=O) groups is 2. The molecule has 0 N–H and O–H groups in total. The first-order valence-electron chi connectivity index (χ1n) is 4.17. The third-order valence-corrected chi connectivity index (χ3v) is 2.26. The van der Waals surface area contributed by atoms with Crippen molar-refractivity contribution in [3.05, 3.63) is 35.4 Å². The Bertz CT molecular complexity index is 360. The van der Waals surface area contributed by atoms with E-state index in [4.69, 9.17) is 0 Å². The van der Waals surface area contributed by atoms with E-state index in [2.05, 4.69) is 0 Å². The molecule has 1 aliphatic heterocycles. The molecule has 0 spiro atoms. The van der Waals surface area contributed by atoms with Gasteiger partial charge in [-0.3, -0.25) is 14.5 Å². The van der Waals surface area contributed by atoms with Crippen LogP contribution in [0.5, 0.6) is 0 Å². The number of rotatable bonds is 1. The number of fused-ring (bicyclic) bond motifs is 1. The van der Waals surface area contributed by atoms with Crippen molar-refractivity contribution in [1.82, 2.24) is 4.90 Å². The zero-order chi connectivity index (χ0) is 9.26. The van der Waals surface area contributed by atoms with E-state index in [-0.39, 0.29) is 5.91 Å². The molecule has 0 aliphatic carbocycles. The summed E-state index contributed by atoms with van der Waals surface area (Å²) in [5.74, 6) is -0.183. The van der Waals surface area contributed by atoms with Crippen LogP contribution in [-0.4, -0.2) is 23.8 Å². The van der Waals surface area contributed by atoms with E-state index in [1.165, 1.54) is 4.90 Å². The largest absolute Gasteiger partial charge is 0.281 e. The first-order valence-corrected chi connectivity index (χ1v) is 4.17. The Balaban J connectivity index is 2.45. The van der Waals surface area contributed by atoms with Gasteiger partial charge in [0, 0.05) is 12.1 Å². The van der Waals surface area contributed by atoms with Gasteiger partial charge < -0.3 is 0 Å². The molecule has 0 fully saturated rings. The van der Waals surface area contributed by atoms with Gasteiger partial charge >= 0.3 is 0 Å². The van der Waals surface area contributed by atoms with Crippen LogP contribution in [0.3, 0.4) is 0 Å². The minimum absolute atomic E-state index is 0.183. The van der Waals surface area contributed by atoms with Crippen molar-refractivity contribution in [1.29, 1.82) is 0 Å². The molecule has 0 saturated heterocycles. The molecule has 0 unspecified atom stereocenters. The van der Waals surface area contributed by atoms with Crippen molar-refractivity contribution < 1.29 is 9.59 Å². The number of hydrogen-bond acceptors (Lipinski definition) is 2. The summed E-state index contributed by atoms with van der Waals surface area (Å²) in [6, 6.07) is 7.40. The molecule has 0 saturated carbocycles. The molecule has 2 rings (SSSR count). The first kappa shape index (κ1) is 7.98. The highest BCUT2D eigenvalue weighted by molar-refractivity contribution is 6.01. The SMILES string of the molecule is O=CN1CCc2ccccc2C1=O. The Kier molecular flexibility index (Phi) is 1.85. The number of nitrogens with zero attached hydrogens (tertiary/aromatic N) is 1. The second-order valence-corrected chi connectivity index (χ2v) is 3.01. The summed E-state index contributed by atoms with van der Waals surface area (Å²) in [6.07, 6.45) is 1.36. The Morgan fingerprint density at radius 1 is 1.31 bits per heavy atom. The van der Waals surface area contributed by atoms with Crippen LogP contribution in [0, 0.1) is 0 Å². The fourth-order valence-corrected chi connectivity index (χ4v) is 1.54. The van der Waals surface area contributed by atoms with Crippen LogP contribution in [0.4, 0.5) is 0 Å². The molecule has 0 aromatic heterocycles. The molecule has 1 aliphatic rings. The van der Waals surface area contributed by atoms with Crippen LogP contribution >= 0.6 is 0 Å². The summed E-state index contributed by atoms with van der Waals surface area (Å²) in [5, 5.41) is 0. The smallest absolute Gasteiger partial charge is 0.260 e. The van der Waals surface area contributed by atoms with Crippen LogP contribution in [0.2, 0.25) is 0 Å². The lowest BCUT2D eigenvalue weighted by Crippen LogP contribution is -2.36. The molecule has 1 heterocycles. The predicted molar refractivity (Wildman–Crippen MR) is 47.2 cm³/mol. The van der Waals surface area contributed by atoms with Gasteiger partial charge in [0.25, 0.3) is 5.91 Å². The zero-order valence-electron chi connectivity index (χ0n) is 7.06. The number of benzene rings is 1. The van der Waals surface area contributed by atoms with E-state index in [1.54, 1.807) is 6.07 Å². The van der Waals surface area contributed by atoms with E-state index in [1.807, 2.05) is 18.2 Å². The highest BCUT2D eigenvalue weighted by Crippen LogP contribution is 2.16. The average molecular weight is 175 g/mol. The van der Waals surface area contributed by atoms with Gasteiger partial charge in [-0.15, -0.1) is 0 Å². The monoisotopic (exact) mass is 175 g/mol. The molecule has 0 radical (unpaired) electrons. The van der Waals surface area contributed by atoms with Gasteiger partial charge in [0.2, 0.25) is 6.41 Å². The molecular formula is C10H9NO2. The van der Waals surface area contributed by atoms with E-state index in [0.717, 1.165) is 12.0 Å². The summed E-state index contributed by atoms with van der Waals surface area (Å²) in [4.78, 5) is 23.2. The van der Waals surface area contributed by atoms with Gasteiger partial charge in [-0.25, -0.2) is 0 Å². The Morgan fingerprint density at radius 3 is 2.85 bits per heavy atom. The molecule has 1 aromatic carbocycles. The first-order chi connectivity index (χ1) is 6.33. The van der Waals surface area contributed by atoms with E-state index in [9.17, 15) is 9.59 Å². The van der Waals surface area contributed by atoms with Gasteiger partial charge in [-0.05, 0) is 18.1 Å². The minimum atomic E-state index is -0.183. The van der Waals surface area contributed by atoms with Crippen molar-refractivity contribution in [3.63, 3.8) is 0 Å². The predicted octanol–water partition coefficient (Wildman–Crippen LogP) is 0.841. The molecule has 1 aromatic rings. The van der Waals surface area contributed by atoms with E-state index in [0.29, 0.717) is 18.5 Å². The number of hydrogen-bond donors (Lipinski definition) is 0. The van der Waals surface area contributed by atoms with Crippen molar-refractivity contribution in [2.45, 2.75) is 6.42 Å². The highest BCUT2D eigenvalue weighted by atomic mass is 16.2. The summed E-state index contributed by atoms with van der Waals surface area (Å²) in [6.45, 7) is 0.499. The number of imide groups is 1. The third-order valence-electron chi connectivity index (χ3n) is 2.26. The van der Waals surface area contributed by atoms with Gasteiger partial charge in [-0.1, -0.05) is 18.2 Å². The van der Waals surface area contributed by atoms with Crippen molar-refractivity contribution in [2.75, 3.05) is 6.54 Å². The number of carbonyl (C=O) groups excluding carboxylic acids is 2. The Morgan fingerprint density at radius 2 is 2.08 bits per heavy atom. The maximum Gasteiger partial charge on any atom is 0.260 e. The quantitative estimate of drug-likeness (QED) is 0.593. The second kappa shape index (κ2) is 3.01. The van der Waals surface area contributed by atoms with Gasteiger partial charge in [0.15, 0.2) is 0 Å². The van der Waals surface area contributed by atoms with Crippen LogP contribution in [0.25, 0.3) is 0 Å². The molecule has 3 nitrogen and oxygen atoms in total. The topological polar surface area (TPSA) is 37.4 Å². The fourth-order valence-electron chi connectivity index (χ4n) is 1.54. The van der Waals surface area contributed by atoms with Crippen LogP contribution in [0.15, 0.2) is 24.3 Å². The Hall–Kier alpha value is -1.64. The zero-order valence-corrected chi connectivity index (χ0v) is 7.06. The lowest BCUT2D eigenvalue weighted by Gasteiger charge is -2.22. The van der Waals surface area contributed by atoms with Crippen molar-refractivity contribution in [3.8, 4) is 0 Å². The Labute approximate surface area is 76.0 Å². The molecule has 3 heteroatoms. The van der Waals surface area contributed by atoms with Crippen LogP contribution in [0.1, 0.15) is 15.9 Å². The van der Waals surface area contributed by atoms with Crippen LogP contribution in [-0.2, 0) is 11.2 Å². The standard InChI is InChI=1S/C10H9NO2/c12-7-11-6-5-8-3-1-2-4-9(8)10(11)13/h1-4,7H,5-6H2. The molecule has 13 heavy (non-hydrogen) atoms. The van der Waals surface area contributed by atoms with Crippen LogP contribution < -0.4 is 0 Å². The number of amides is 2. The molecule has 2 amide bonds. The summed E-state index contributed by atoms with van der Waals surface area (Å²) < 4.78 is 0. The second-order valence-electron chi connectivity index (χ2n) is 3.01. The molecule has 0 atom stereocenters. The van der Waals surface area contributed by atoms with E-state index < -0.39 is 0 Å². The summed E-state index contributed by atoms with van der Waals surface area (Å²) >= 11 is 0. The minimum Gasteiger partial charge on any atom is -0.281 e. The lowest BCUT2D eigenvalue weighted by molar-refractivity contribution is -0.116. The van der Waals surface area contributed by atoms with Gasteiger partial charge in [0.05, 0.1) is 0 Å². The van der Waals surface area contributed by atoms with Gasteiger partial charge in [0.1, 0.15) is 0 Å². The molecular weight excluding hydrogens is 166 g/mol. The normalized spacial score (nSPS) is 15.4. The van der Waals surface area contributed by atoms with Crippen molar-refractivity contribution in [2.24, 2.45) is 0 Å². The summed E-state index contributed by atoms with van der Waals surface area (Å²) in [7, 11) is 0. The van der Waals surface area contributed by atoms with Crippen molar-refractivity contribution >= 4 is 12.3 Å². The molecule has 0 bridgehead atoms. The van der Waals surface area contributed by atoms with Gasteiger partial charge in [-0.2, -0.15) is 0 Å². The third kappa shape index (κ3) is 1.22. The molecule has 66 valence electrons. The fraction of sp³-hybridized carbons (Fsp3) is 0.200.